The Morgan fingerprint density at radius 2 is 0.674 bits per heavy atom. The number of anilines is 6. The van der Waals surface area contributed by atoms with E-state index in [9.17, 15) is 0 Å². The van der Waals surface area contributed by atoms with Crippen LogP contribution in [0.3, 0.4) is 0 Å². The minimum absolute atomic E-state index is 0.643. The molecule has 46 heavy (non-hydrogen) atoms. The maximum atomic E-state index is 7.68. The highest BCUT2D eigenvalue weighted by Crippen LogP contribution is 2.48. The third-order valence-electron chi connectivity index (χ3n) is 8.40. The first-order chi connectivity index (χ1) is 22.8. The van der Waals surface area contributed by atoms with Gasteiger partial charge in [0.2, 0.25) is 0 Å². The van der Waals surface area contributed by atoms with E-state index >= 15 is 0 Å². The van der Waals surface area contributed by atoms with Crippen LogP contribution in [0.2, 0.25) is 5.02 Å². The van der Waals surface area contributed by atoms with Crippen molar-refractivity contribution >= 4 is 67.5 Å². The molecule has 4 heteroatoms. The fraction of sp³-hybridized carbons (Fsp3) is 0. The van der Waals surface area contributed by atoms with Crippen molar-refractivity contribution in [3.05, 3.63) is 187 Å². The third kappa shape index (κ3) is 4.88. The van der Waals surface area contributed by atoms with Crippen LogP contribution < -0.4 is 9.80 Å². The molecule has 1 aromatic heterocycles. The molecule has 0 atom stereocenters. The van der Waals surface area contributed by atoms with Gasteiger partial charge in [0.05, 0.1) is 33.1 Å². The molecule has 7 aromatic carbocycles. The Morgan fingerprint density at radius 3 is 1.02 bits per heavy atom. The van der Waals surface area contributed by atoms with Gasteiger partial charge >= 0.3 is 0 Å². The van der Waals surface area contributed by atoms with E-state index in [4.69, 9.17) is 11.6 Å². The summed E-state index contributed by atoms with van der Waals surface area (Å²) in [7, 11) is 0. The lowest BCUT2D eigenvalue weighted by molar-refractivity contribution is 1.16. The molecule has 0 aliphatic rings. The second-order valence-corrected chi connectivity index (χ2v) is 11.6. The van der Waals surface area contributed by atoms with Gasteiger partial charge in [-0.2, -0.15) is 0 Å². The van der Waals surface area contributed by atoms with Gasteiger partial charge in [-0.25, -0.2) is 0 Å². The van der Waals surface area contributed by atoms with E-state index in [0.717, 1.165) is 50.8 Å². The summed E-state index contributed by atoms with van der Waals surface area (Å²) in [5, 5.41) is 3.06. The zero-order chi connectivity index (χ0) is 30.9. The molecular formula is C42H30ClN3. The first kappa shape index (κ1) is 27.8. The van der Waals surface area contributed by atoms with Gasteiger partial charge in [-0.3, -0.25) is 0 Å². The van der Waals surface area contributed by atoms with Crippen molar-refractivity contribution in [2.24, 2.45) is 0 Å². The van der Waals surface area contributed by atoms with Crippen molar-refractivity contribution in [3.63, 3.8) is 0 Å². The third-order valence-corrected chi connectivity index (χ3v) is 8.78. The van der Waals surface area contributed by atoms with Crippen LogP contribution in [-0.2, 0) is 0 Å². The van der Waals surface area contributed by atoms with E-state index in [0.29, 0.717) is 5.02 Å². The molecule has 0 spiro atoms. The number of benzene rings is 7. The van der Waals surface area contributed by atoms with Gasteiger partial charge in [-0.05, 0) is 72.8 Å². The van der Waals surface area contributed by atoms with Crippen LogP contribution in [0.25, 0.3) is 27.5 Å². The average Bonchev–Trinajstić information content (AvgIpc) is 3.46. The van der Waals surface area contributed by atoms with Crippen LogP contribution in [0, 0.1) is 0 Å². The van der Waals surface area contributed by atoms with Crippen LogP contribution in [-0.4, -0.2) is 4.57 Å². The lowest BCUT2D eigenvalue weighted by Crippen LogP contribution is -2.15. The highest BCUT2D eigenvalue weighted by atomic mass is 35.5. The molecule has 0 bridgehead atoms. The number of fused-ring (bicyclic) bond motifs is 3. The van der Waals surface area contributed by atoms with Crippen molar-refractivity contribution in [1.82, 2.24) is 4.57 Å². The summed E-state index contributed by atoms with van der Waals surface area (Å²) in [4.78, 5) is 4.49. The van der Waals surface area contributed by atoms with Crippen LogP contribution >= 0.6 is 11.6 Å². The molecule has 0 saturated carbocycles. The Bertz CT molecular complexity index is 2030. The predicted molar refractivity (Wildman–Crippen MR) is 195 cm³/mol. The average molecular weight is 612 g/mol. The summed E-state index contributed by atoms with van der Waals surface area (Å²) >= 11 is 7.68. The van der Waals surface area contributed by atoms with E-state index in [2.05, 4.69) is 172 Å². The second-order valence-electron chi connectivity index (χ2n) is 11.2. The molecule has 8 aromatic rings. The number of para-hydroxylation sites is 6. The minimum Gasteiger partial charge on any atom is -0.309 e. The maximum Gasteiger partial charge on any atom is 0.0888 e. The van der Waals surface area contributed by atoms with Crippen LogP contribution in [0.1, 0.15) is 0 Å². The van der Waals surface area contributed by atoms with Gasteiger partial charge in [0.15, 0.2) is 0 Å². The van der Waals surface area contributed by atoms with Crippen molar-refractivity contribution in [2.75, 3.05) is 9.80 Å². The van der Waals surface area contributed by atoms with Gasteiger partial charge in [0.25, 0.3) is 0 Å². The quantitative estimate of drug-likeness (QED) is 0.178. The molecule has 0 saturated heterocycles. The molecule has 0 unspecified atom stereocenters. The molecule has 0 radical (unpaired) electrons. The number of hydrogen-bond acceptors (Lipinski definition) is 2. The number of rotatable bonds is 7. The molecule has 8 rings (SSSR count). The lowest BCUT2D eigenvalue weighted by Gasteiger charge is -2.32. The Labute approximate surface area is 273 Å². The molecule has 0 aliphatic heterocycles. The van der Waals surface area contributed by atoms with E-state index in [1.807, 2.05) is 24.3 Å². The first-order valence-corrected chi connectivity index (χ1v) is 15.8. The standard InChI is InChI=1S/C42H30ClN3/c43-42-40(44(31-17-5-1-6-18-31)32-19-7-2-8-20-32)29-35(46-38-27-15-13-25-36(38)37-26-14-16-28-39(37)46)30-41(42)45(33-21-9-3-10-22-33)34-23-11-4-12-24-34/h1-30H. The van der Waals surface area contributed by atoms with E-state index < -0.39 is 0 Å². The number of aromatic nitrogens is 1. The van der Waals surface area contributed by atoms with Crippen LogP contribution in [0.15, 0.2) is 182 Å². The summed E-state index contributed by atoms with van der Waals surface area (Å²) in [6.07, 6.45) is 0. The Kier molecular flexibility index (Phi) is 7.22. The first-order valence-electron chi connectivity index (χ1n) is 15.4. The molecular weight excluding hydrogens is 582 g/mol. The zero-order valence-electron chi connectivity index (χ0n) is 25.0. The molecule has 1 heterocycles. The highest BCUT2D eigenvalue weighted by molar-refractivity contribution is 6.37. The smallest absolute Gasteiger partial charge is 0.0888 e. The monoisotopic (exact) mass is 611 g/mol. The Morgan fingerprint density at radius 1 is 0.370 bits per heavy atom. The second kappa shape index (κ2) is 12.0. The fourth-order valence-electron chi connectivity index (χ4n) is 6.40. The summed E-state index contributed by atoms with van der Waals surface area (Å²) in [6, 6.07) is 63.4. The van der Waals surface area contributed by atoms with Crippen molar-refractivity contribution in [1.29, 1.82) is 0 Å². The van der Waals surface area contributed by atoms with Crippen molar-refractivity contribution < 1.29 is 0 Å². The van der Waals surface area contributed by atoms with Gasteiger partial charge < -0.3 is 14.4 Å². The Balaban J connectivity index is 1.49. The largest absolute Gasteiger partial charge is 0.309 e. The van der Waals surface area contributed by atoms with Crippen LogP contribution in [0.4, 0.5) is 34.1 Å². The molecule has 220 valence electrons. The lowest BCUT2D eigenvalue weighted by atomic mass is 10.1. The molecule has 0 amide bonds. The number of hydrogen-bond donors (Lipinski definition) is 0. The van der Waals surface area contributed by atoms with Gasteiger partial charge in [0, 0.05) is 33.5 Å². The number of nitrogens with zero attached hydrogens (tertiary/aromatic N) is 3. The highest BCUT2D eigenvalue weighted by Gasteiger charge is 2.25. The normalized spacial score (nSPS) is 11.2. The van der Waals surface area contributed by atoms with E-state index in [-0.39, 0.29) is 0 Å². The summed E-state index contributed by atoms with van der Waals surface area (Å²) in [5.74, 6) is 0. The zero-order valence-corrected chi connectivity index (χ0v) is 25.8. The molecule has 0 N–H and O–H groups in total. The molecule has 3 nitrogen and oxygen atoms in total. The molecule has 0 fully saturated rings. The van der Waals surface area contributed by atoms with Crippen molar-refractivity contribution in [3.8, 4) is 5.69 Å². The van der Waals surface area contributed by atoms with E-state index in [1.165, 1.54) is 10.8 Å². The summed E-state index contributed by atoms with van der Waals surface area (Å²) in [5.41, 5.74) is 9.13. The summed E-state index contributed by atoms with van der Waals surface area (Å²) < 4.78 is 2.36. The number of halogens is 1. The van der Waals surface area contributed by atoms with Gasteiger partial charge in [0.1, 0.15) is 0 Å². The van der Waals surface area contributed by atoms with Crippen LogP contribution in [0.5, 0.6) is 0 Å². The maximum absolute atomic E-state index is 7.68. The fourth-order valence-corrected chi connectivity index (χ4v) is 6.68. The van der Waals surface area contributed by atoms with Gasteiger partial charge in [-0.15, -0.1) is 0 Å². The SMILES string of the molecule is Clc1c(N(c2ccccc2)c2ccccc2)cc(-n2c3ccccc3c3ccccc32)cc1N(c1ccccc1)c1ccccc1. The Hall–Kier alpha value is -5.77. The summed E-state index contributed by atoms with van der Waals surface area (Å²) in [6.45, 7) is 0. The van der Waals surface area contributed by atoms with Gasteiger partial charge in [-0.1, -0.05) is 121 Å². The topological polar surface area (TPSA) is 11.4 Å². The minimum atomic E-state index is 0.643. The predicted octanol–water partition coefficient (Wildman–Crippen LogP) is 12.4. The molecule has 0 aliphatic carbocycles. The van der Waals surface area contributed by atoms with Crippen molar-refractivity contribution in [2.45, 2.75) is 0 Å². The van der Waals surface area contributed by atoms with E-state index in [1.54, 1.807) is 0 Å².